The van der Waals surface area contributed by atoms with Gasteiger partial charge in [0.1, 0.15) is 5.84 Å². The summed E-state index contributed by atoms with van der Waals surface area (Å²) < 4.78 is 37.3. The Morgan fingerprint density at radius 2 is 2.00 bits per heavy atom. The van der Waals surface area contributed by atoms with E-state index < -0.39 is 11.7 Å². The van der Waals surface area contributed by atoms with Gasteiger partial charge in [-0.05, 0) is 25.0 Å². The molecule has 1 aliphatic carbocycles. The summed E-state index contributed by atoms with van der Waals surface area (Å²) in [5.41, 5.74) is 5.27. The van der Waals surface area contributed by atoms with Crippen molar-refractivity contribution in [1.82, 2.24) is 0 Å². The zero-order valence-corrected chi connectivity index (χ0v) is 8.46. The highest BCUT2D eigenvalue weighted by molar-refractivity contribution is 5.97. The van der Waals surface area contributed by atoms with Crippen molar-refractivity contribution < 1.29 is 13.2 Å². The molecule has 1 saturated carbocycles. The first kappa shape index (κ1) is 11.0. The third-order valence-electron chi connectivity index (χ3n) is 2.35. The minimum Gasteiger partial charge on any atom is -0.383 e. The maximum Gasteiger partial charge on any atom is 0.416 e. The molecule has 16 heavy (non-hydrogen) atoms. The second-order valence-corrected chi connectivity index (χ2v) is 3.82. The molecule has 2 nitrogen and oxygen atoms in total. The Morgan fingerprint density at radius 1 is 1.31 bits per heavy atom. The van der Waals surface area contributed by atoms with Crippen LogP contribution in [0.25, 0.3) is 0 Å². The molecule has 0 radical (unpaired) electrons. The number of alkyl halides is 3. The molecule has 0 unspecified atom stereocenters. The molecule has 2 N–H and O–H groups in total. The maximum atomic E-state index is 12.4. The Balaban J connectivity index is 2.28. The van der Waals surface area contributed by atoms with Crippen molar-refractivity contribution in [2.45, 2.75) is 25.1 Å². The molecule has 5 heteroatoms. The lowest BCUT2D eigenvalue weighted by Crippen LogP contribution is -2.15. The molecule has 0 amide bonds. The van der Waals surface area contributed by atoms with Gasteiger partial charge in [0.15, 0.2) is 0 Å². The predicted molar refractivity (Wildman–Crippen MR) is 55.2 cm³/mol. The minimum atomic E-state index is -4.34. The molecule has 0 aliphatic heterocycles. The number of benzene rings is 1. The lowest BCUT2D eigenvalue weighted by atomic mass is 10.1. The van der Waals surface area contributed by atoms with Gasteiger partial charge in [0, 0.05) is 5.56 Å². The van der Waals surface area contributed by atoms with Gasteiger partial charge in [-0.2, -0.15) is 13.2 Å². The summed E-state index contributed by atoms with van der Waals surface area (Å²) in [7, 11) is 0. The molecule has 1 aromatic rings. The molecule has 0 aromatic heterocycles. The van der Waals surface area contributed by atoms with Crippen molar-refractivity contribution in [2.75, 3.05) is 0 Å². The molecule has 1 aliphatic rings. The van der Waals surface area contributed by atoms with E-state index in [0.717, 1.165) is 25.0 Å². The highest BCUT2D eigenvalue weighted by Gasteiger charge is 2.30. The molecular weight excluding hydrogens is 217 g/mol. The van der Waals surface area contributed by atoms with Gasteiger partial charge in [-0.15, -0.1) is 0 Å². The molecule has 0 atom stereocenters. The average Bonchev–Trinajstić information content (AvgIpc) is 3.00. The van der Waals surface area contributed by atoms with E-state index in [9.17, 15) is 13.2 Å². The summed E-state index contributed by atoms with van der Waals surface area (Å²) in [5.74, 6) is 0.189. The van der Waals surface area contributed by atoms with Crippen molar-refractivity contribution in [3.8, 4) is 0 Å². The summed E-state index contributed by atoms with van der Waals surface area (Å²) in [6.45, 7) is 0. The predicted octanol–water partition coefficient (Wildman–Crippen LogP) is 2.57. The third-order valence-corrected chi connectivity index (χ3v) is 2.35. The van der Waals surface area contributed by atoms with Crippen LogP contribution in [0.15, 0.2) is 29.3 Å². The molecule has 0 spiro atoms. The molecule has 0 bridgehead atoms. The van der Waals surface area contributed by atoms with E-state index in [0.29, 0.717) is 5.56 Å². The number of halogens is 3. The van der Waals surface area contributed by atoms with E-state index in [4.69, 9.17) is 5.73 Å². The molecule has 0 heterocycles. The van der Waals surface area contributed by atoms with Crippen molar-refractivity contribution in [2.24, 2.45) is 10.7 Å². The minimum absolute atomic E-state index is 0.189. The smallest absolute Gasteiger partial charge is 0.383 e. The molecule has 2 rings (SSSR count). The monoisotopic (exact) mass is 228 g/mol. The van der Waals surface area contributed by atoms with Crippen LogP contribution in [-0.4, -0.2) is 11.9 Å². The van der Waals surface area contributed by atoms with Gasteiger partial charge in [-0.1, -0.05) is 12.1 Å². The van der Waals surface area contributed by atoms with Crippen molar-refractivity contribution >= 4 is 5.84 Å². The Hall–Kier alpha value is -1.52. The summed E-state index contributed by atoms with van der Waals surface area (Å²) in [6, 6.07) is 5.13. The van der Waals surface area contributed by atoms with Gasteiger partial charge in [0.2, 0.25) is 0 Å². The number of amidine groups is 1. The topological polar surface area (TPSA) is 38.4 Å². The molecule has 86 valence electrons. The van der Waals surface area contributed by atoms with E-state index in [-0.39, 0.29) is 11.9 Å². The van der Waals surface area contributed by atoms with Crippen LogP contribution in [0.5, 0.6) is 0 Å². The lowest BCUT2D eigenvalue weighted by Gasteiger charge is -2.08. The van der Waals surface area contributed by atoms with Crippen LogP contribution in [-0.2, 0) is 6.18 Å². The zero-order valence-electron chi connectivity index (χ0n) is 8.46. The fourth-order valence-corrected chi connectivity index (χ4v) is 1.33. The lowest BCUT2D eigenvalue weighted by molar-refractivity contribution is -0.137. The van der Waals surface area contributed by atoms with Crippen LogP contribution >= 0.6 is 0 Å². The fraction of sp³-hybridized carbons (Fsp3) is 0.364. The number of nitrogens with two attached hydrogens (primary N) is 1. The molecule has 0 saturated heterocycles. The third kappa shape index (κ3) is 2.53. The second-order valence-electron chi connectivity index (χ2n) is 3.82. The van der Waals surface area contributed by atoms with Crippen molar-refractivity contribution in [3.63, 3.8) is 0 Å². The largest absolute Gasteiger partial charge is 0.416 e. The first-order valence-corrected chi connectivity index (χ1v) is 4.98. The van der Waals surface area contributed by atoms with Crippen LogP contribution in [0, 0.1) is 0 Å². The van der Waals surface area contributed by atoms with Crippen molar-refractivity contribution in [3.05, 3.63) is 35.4 Å². The summed E-state index contributed by atoms with van der Waals surface area (Å²) in [4.78, 5) is 4.11. The number of aliphatic imine (C=N–C) groups is 1. The van der Waals surface area contributed by atoms with Crippen LogP contribution in [0.1, 0.15) is 24.0 Å². The fourth-order valence-electron chi connectivity index (χ4n) is 1.33. The van der Waals surface area contributed by atoms with Gasteiger partial charge >= 0.3 is 6.18 Å². The van der Waals surface area contributed by atoms with Gasteiger partial charge < -0.3 is 5.73 Å². The van der Waals surface area contributed by atoms with Crippen LogP contribution in [0.2, 0.25) is 0 Å². The summed E-state index contributed by atoms with van der Waals surface area (Å²) >= 11 is 0. The standard InChI is InChI=1S/C11H11F3N2/c12-11(13,14)8-3-1-2-7(6-8)10(15)16-9-4-5-9/h1-3,6,9H,4-5H2,(H2,15,16). The average molecular weight is 228 g/mol. The highest BCUT2D eigenvalue weighted by atomic mass is 19.4. The highest BCUT2D eigenvalue weighted by Crippen LogP contribution is 2.30. The van der Waals surface area contributed by atoms with Crippen LogP contribution in [0.3, 0.4) is 0 Å². The number of hydrogen-bond acceptors (Lipinski definition) is 1. The Labute approximate surface area is 91.0 Å². The van der Waals surface area contributed by atoms with E-state index in [1.165, 1.54) is 12.1 Å². The van der Waals surface area contributed by atoms with Crippen molar-refractivity contribution in [1.29, 1.82) is 0 Å². The van der Waals surface area contributed by atoms with E-state index in [1.54, 1.807) is 0 Å². The molecule has 1 fully saturated rings. The zero-order chi connectivity index (χ0) is 11.8. The van der Waals surface area contributed by atoms with Gasteiger partial charge in [0.05, 0.1) is 11.6 Å². The maximum absolute atomic E-state index is 12.4. The van der Waals surface area contributed by atoms with E-state index >= 15 is 0 Å². The Morgan fingerprint density at radius 3 is 2.56 bits per heavy atom. The SMILES string of the molecule is NC(=NC1CC1)c1cccc(C(F)(F)F)c1. The van der Waals surface area contributed by atoms with Gasteiger partial charge in [-0.25, -0.2) is 0 Å². The first-order valence-electron chi connectivity index (χ1n) is 4.98. The second kappa shape index (κ2) is 3.81. The Kier molecular flexibility index (Phi) is 2.61. The van der Waals surface area contributed by atoms with E-state index in [2.05, 4.69) is 4.99 Å². The molecule has 1 aromatic carbocycles. The van der Waals surface area contributed by atoms with Crippen LogP contribution in [0.4, 0.5) is 13.2 Å². The first-order chi connectivity index (χ1) is 7.47. The number of hydrogen-bond donors (Lipinski definition) is 1. The Bertz CT molecular complexity index is 419. The van der Waals surface area contributed by atoms with Gasteiger partial charge in [-0.3, -0.25) is 4.99 Å². The van der Waals surface area contributed by atoms with Crippen LogP contribution < -0.4 is 5.73 Å². The summed E-state index contributed by atoms with van der Waals surface area (Å²) in [5, 5.41) is 0. The summed E-state index contributed by atoms with van der Waals surface area (Å²) in [6.07, 6.45) is -2.39. The number of rotatable bonds is 2. The normalized spacial score (nSPS) is 17.6. The number of nitrogens with zero attached hydrogens (tertiary/aromatic N) is 1. The molecular formula is C11H11F3N2. The van der Waals surface area contributed by atoms with E-state index in [1.807, 2.05) is 0 Å². The van der Waals surface area contributed by atoms with Gasteiger partial charge in [0.25, 0.3) is 0 Å². The quantitative estimate of drug-likeness (QED) is 0.613.